The number of amides is 3. The molecule has 2 heterocycles. The van der Waals surface area contributed by atoms with Gasteiger partial charge in [-0.3, -0.25) is 24.6 Å². The van der Waals surface area contributed by atoms with Crippen LogP contribution in [0.5, 0.6) is 0 Å². The van der Waals surface area contributed by atoms with Crippen LogP contribution in [0.2, 0.25) is 0 Å². The van der Waals surface area contributed by atoms with E-state index >= 15 is 0 Å². The normalized spacial score (nSPS) is 25.5. The summed E-state index contributed by atoms with van der Waals surface area (Å²) in [5.74, 6) is -0.156. The topological polar surface area (TPSA) is 98.7 Å². The van der Waals surface area contributed by atoms with Crippen LogP contribution in [0.15, 0.2) is 42.0 Å². The Kier molecular flexibility index (Phi) is 6.54. The molecule has 1 aromatic rings. The van der Waals surface area contributed by atoms with Gasteiger partial charge in [0.2, 0.25) is 17.7 Å². The van der Waals surface area contributed by atoms with Crippen molar-refractivity contribution in [1.29, 1.82) is 0 Å². The third kappa shape index (κ3) is 5.25. The Morgan fingerprint density at radius 2 is 2.06 bits per heavy atom. The summed E-state index contributed by atoms with van der Waals surface area (Å²) >= 11 is 0. The zero-order valence-electron chi connectivity index (χ0n) is 19.6. The van der Waals surface area contributed by atoms with Gasteiger partial charge < -0.3 is 10.4 Å². The lowest BCUT2D eigenvalue weighted by molar-refractivity contribution is -0.141. The smallest absolute Gasteiger partial charge is 0.244 e. The number of imide groups is 1. The minimum Gasteiger partial charge on any atom is -0.374 e. The van der Waals surface area contributed by atoms with Crippen molar-refractivity contribution in [1.82, 2.24) is 15.5 Å². The van der Waals surface area contributed by atoms with Crippen LogP contribution in [0.3, 0.4) is 0 Å². The second-order valence-electron chi connectivity index (χ2n) is 10.3. The molecule has 1 aromatic carbocycles. The molecule has 2 aliphatic heterocycles. The van der Waals surface area contributed by atoms with Crippen LogP contribution < -0.4 is 10.6 Å². The SMILES string of the molecule is CC(C)(C)C1C=CC(CC(=O)NCc2ccc3c(c2)CN(C2CCC(=O)NC2=O)C3O)=CC1. The summed E-state index contributed by atoms with van der Waals surface area (Å²) in [6.45, 7) is 7.52. The lowest BCUT2D eigenvalue weighted by Gasteiger charge is -2.31. The molecule has 176 valence electrons. The molecule has 0 bridgehead atoms. The monoisotopic (exact) mass is 451 g/mol. The molecule has 1 fully saturated rings. The Morgan fingerprint density at radius 1 is 1.27 bits per heavy atom. The highest BCUT2D eigenvalue weighted by atomic mass is 16.3. The van der Waals surface area contributed by atoms with Gasteiger partial charge in [-0.2, -0.15) is 0 Å². The molecule has 0 spiro atoms. The van der Waals surface area contributed by atoms with Crippen molar-refractivity contribution in [2.75, 3.05) is 0 Å². The van der Waals surface area contributed by atoms with Gasteiger partial charge in [0, 0.05) is 19.5 Å². The molecular formula is C26H33N3O4. The molecule has 1 saturated heterocycles. The largest absolute Gasteiger partial charge is 0.374 e. The van der Waals surface area contributed by atoms with E-state index in [4.69, 9.17) is 0 Å². The summed E-state index contributed by atoms with van der Waals surface area (Å²) in [6, 6.07) is 5.19. The maximum absolute atomic E-state index is 12.5. The minimum absolute atomic E-state index is 0.0224. The third-order valence-corrected chi connectivity index (χ3v) is 6.91. The van der Waals surface area contributed by atoms with E-state index in [0.29, 0.717) is 31.8 Å². The number of aliphatic hydroxyl groups is 1. The molecule has 1 aliphatic carbocycles. The van der Waals surface area contributed by atoms with Gasteiger partial charge in [0.1, 0.15) is 6.23 Å². The fourth-order valence-electron chi connectivity index (χ4n) is 4.79. The number of rotatable bonds is 5. The van der Waals surface area contributed by atoms with Gasteiger partial charge in [-0.1, -0.05) is 57.2 Å². The number of benzene rings is 1. The Morgan fingerprint density at radius 3 is 2.73 bits per heavy atom. The molecule has 7 nitrogen and oxygen atoms in total. The second kappa shape index (κ2) is 9.23. The van der Waals surface area contributed by atoms with Crippen molar-refractivity contribution < 1.29 is 19.5 Å². The predicted molar refractivity (Wildman–Crippen MR) is 124 cm³/mol. The molecule has 3 unspecified atom stereocenters. The summed E-state index contributed by atoms with van der Waals surface area (Å²) < 4.78 is 0. The van der Waals surface area contributed by atoms with Crippen molar-refractivity contribution in [3.05, 3.63) is 58.7 Å². The number of fused-ring (bicyclic) bond motifs is 1. The Hall–Kier alpha value is -2.77. The minimum atomic E-state index is -0.880. The maximum Gasteiger partial charge on any atom is 0.244 e. The van der Waals surface area contributed by atoms with Crippen LogP contribution in [-0.2, 0) is 27.5 Å². The predicted octanol–water partition coefficient (Wildman–Crippen LogP) is 2.85. The summed E-state index contributed by atoms with van der Waals surface area (Å²) in [7, 11) is 0. The number of aliphatic hydroxyl groups excluding tert-OH is 1. The fraction of sp³-hybridized carbons (Fsp3) is 0.500. The highest BCUT2D eigenvalue weighted by Crippen LogP contribution is 2.36. The van der Waals surface area contributed by atoms with Gasteiger partial charge in [-0.05, 0) is 46.4 Å². The summed E-state index contributed by atoms with van der Waals surface area (Å²) in [5, 5.41) is 16.1. The van der Waals surface area contributed by atoms with Crippen LogP contribution >= 0.6 is 0 Å². The van der Waals surface area contributed by atoms with Gasteiger partial charge in [0.15, 0.2) is 0 Å². The first-order valence-corrected chi connectivity index (χ1v) is 11.6. The van der Waals surface area contributed by atoms with E-state index in [1.807, 2.05) is 18.2 Å². The van der Waals surface area contributed by atoms with Gasteiger partial charge in [-0.25, -0.2) is 0 Å². The van der Waals surface area contributed by atoms with Gasteiger partial charge in [0.25, 0.3) is 0 Å². The molecule has 7 heteroatoms. The molecule has 3 amide bonds. The average molecular weight is 452 g/mol. The molecule has 4 rings (SSSR count). The number of allylic oxidation sites excluding steroid dienone is 3. The van der Waals surface area contributed by atoms with E-state index in [1.54, 1.807) is 4.90 Å². The Balaban J connectivity index is 1.31. The first-order chi connectivity index (χ1) is 15.6. The molecule has 0 radical (unpaired) electrons. The zero-order valence-corrected chi connectivity index (χ0v) is 19.6. The van der Waals surface area contributed by atoms with E-state index in [1.165, 1.54) is 0 Å². The lowest BCUT2D eigenvalue weighted by Crippen LogP contribution is -2.51. The van der Waals surface area contributed by atoms with Gasteiger partial charge >= 0.3 is 0 Å². The van der Waals surface area contributed by atoms with Crippen molar-refractivity contribution in [2.24, 2.45) is 11.3 Å². The van der Waals surface area contributed by atoms with Crippen LogP contribution in [0.25, 0.3) is 0 Å². The van der Waals surface area contributed by atoms with Gasteiger partial charge in [-0.15, -0.1) is 0 Å². The van der Waals surface area contributed by atoms with Crippen molar-refractivity contribution in [3.63, 3.8) is 0 Å². The van der Waals surface area contributed by atoms with Crippen LogP contribution in [0.4, 0.5) is 0 Å². The molecular weight excluding hydrogens is 418 g/mol. The number of carbonyl (C=O) groups is 3. The van der Waals surface area contributed by atoms with Crippen LogP contribution in [0.1, 0.15) is 69.4 Å². The van der Waals surface area contributed by atoms with E-state index in [0.717, 1.165) is 28.7 Å². The summed E-state index contributed by atoms with van der Waals surface area (Å²) in [6.07, 6.45) is 7.56. The summed E-state index contributed by atoms with van der Waals surface area (Å²) in [5.41, 5.74) is 3.91. The van der Waals surface area contributed by atoms with Gasteiger partial charge in [0.05, 0.1) is 12.5 Å². The average Bonchev–Trinajstić information content (AvgIpc) is 3.07. The number of hydrogen-bond donors (Lipinski definition) is 3. The fourth-order valence-corrected chi connectivity index (χ4v) is 4.79. The quantitative estimate of drug-likeness (QED) is 0.598. The van der Waals surface area contributed by atoms with Crippen LogP contribution in [-0.4, -0.2) is 33.8 Å². The number of carbonyl (C=O) groups excluding carboxylic acids is 3. The highest BCUT2D eigenvalue weighted by Gasteiger charge is 2.39. The maximum atomic E-state index is 12.5. The Bertz CT molecular complexity index is 1020. The van der Waals surface area contributed by atoms with Crippen molar-refractivity contribution >= 4 is 17.7 Å². The zero-order chi connectivity index (χ0) is 23.8. The van der Waals surface area contributed by atoms with E-state index in [2.05, 4.69) is 49.6 Å². The number of nitrogens with zero attached hydrogens (tertiary/aromatic N) is 1. The molecule has 0 saturated carbocycles. The number of hydrogen-bond acceptors (Lipinski definition) is 5. The molecule has 3 atom stereocenters. The molecule has 33 heavy (non-hydrogen) atoms. The summed E-state index contributed by atoms with van der Waals surface area (Å²) in [4.78, 5) is 37.8. The Labute approximate surface area is 194 Å². The first kappa shape index (κ1) is 23.4. The van der Waals surface area contributed by atoms with E-state index in [-0.39, 0.29) is 29.6 Å². The van der Waals surface area contributed by atoms with Crippen molar-refractivity contribution in [2.45, 2.75) is 71.8 Å². The standard InChI is InChI=1S/C26H33N3O4/c1-26(2,3)19-7-4-16(5-8-19)13-23(31)27-14-17-6-9-20-18(12-17)15-29(25(20)33)21-10-11-22(30)28-24(21)32/h4-7,9,12,19,21,25,33H,8,10-11,13-15H2,1-3H3,(H,27,31)(H,28,30,32). The van der Waals surface area contributed by atoms with Crippen LogP contribution in [0, 0.1) is 11.3 Å². The van der Waals surface area contributed by atoms with E-state index < -0.39 is 12.3 Å². The van der Waals surface area contributed by atoms with E-state index in [9.17, 15) is 19.5 Å². The number of nitrogens with one attached hydrogen (secondary N) is 2. The van der Waals surface area contributed by atoms with Crippen molar-refractivity contribution in [3.8, 4) is 0 Å². The molecule has 0 aromatic heterocycles. The lowest BCUT2D eigenvalue weighted by atomic mass is 9.76. The first-order valence-electron chi connectivity index (χ1n) is 11.6. The highest BCUT2D eigenvalue weighted by molar-refractivity contribution is 6.00. The number of piperidine rings is 1. The second-order valence-corrected chi connectivity index (χ2v) is 10.3. The molecule has 3 N–H and O–H groups in total. The molecule has 3 aliphatic rings. The third-order valence-electron chi connectivity index (χ3n) is 6.91.